The predicted molar refractivity (Wildman–Crippen MR) is 96.3 cm³/mol. The summed E-state index contributed by atoms with van der Waals surface area (Å²) in [6, 6.07) is 3.67. The molecule has 0 bridgehead atoms. The number of nitrogens with one attached hydrogen (secondary N) is 2. The van der Waals surface area contributed by atoms with Crippen LogP contribution in [0.5, 0.6) is 0 Å². The Balaban J connectivity index is 1.83. The average molecular weight is 460 g/mol. The second kappa shape index (κ2) is 9.54. The van der Waals surface area contributed by atoms with Crippen molar-refractivity contribution in [2.24, 2.45) is 5.92 Å². The monoisotopic (exact) mass is 460 g/mol. The molecular formula is C18H22F6N2O3S. The fourth-order valence-corrected chi connectivity index (χ4v) is 5.18. The van der Waals surface area contributed by atoms with Crippen molar-refractivity contribution in [2.45, 2.75) is 48.2 Å². The minimum Gasteiger partial charge on any atom is -0.346 e. The van der Waals surface area contributed by atoms with Gasteiger partial charge in [-0.05, 0) is 56.3 Å². The van der Waals surface area contributed by atoms with E-state index in [1.165, 1.54) is 0 Å². The van der Waals surface area contributed by atoms with Gasteiger partial charge in [-0.1, -0.05) is 6.07 Å². The number of rotatable bonds is 7. The van der Waals surface area contributed by atoms with E-state index in [9.17, 15) is 39.6 Å². The highest BCUT2D eigenvalue weighted by Gasteiger charge is 2.35. The molecule has 1 aliphatic rings. The van der Waals surface area contributed by atoms with Crippen LogP contribution in [-0.2, 0) is 20.8 Å². The van der Waals surface area contributed by atoms with Crippen molar-refractivity contribution < 1.29 is 39.6 Å². The average Bonchev–Trinajstić information content (AvgIpc) is 2.66. The lowest BCUT2D eigenvalue weighted by molar-refractivity contribution is -0.137. The first-order valence-electron chi connectivity index (χ1n) is 9.24. The standard InChI is InChI=1S/C18H22F6N2O3S/c19-17(20,21)11-26-16(27)10-25-9-12-4-6-14(7-5-12)30(28,29)15-3-1-2-13(8-15)18(22,23)24/h1-3,8,12,14,25H,4-7,9-11H2,(H,26,27)/t12-,14+. The van der Waals surface area contributed by atoms with E-state index < -0.39 is 45.5 Å². The van der Waals surface area contributed by atoms with Crippen LogP contribution in [-0.4, -0.2) is 45.4 Å². The van der Waals surface area contributed by atoms with Gasteiger partial charge in [0, 0.05) is 0 Å². The summed E-state index contributed by atoms with van der Waals surface area (Å²) in [5.41, 5.74) is -1.02. The van der Waals surface area contributed by atoms with Crippen molar-refractivity contribution in [1.82, 2.24) is 10.6 Å². The number of amides is 1. The smallest absolute Gasteiger partial charge is 0.346 e. The number of hydrogen-bond donors (Lipinski definition) is 2. The first kappa shape index (κ1) is 24.4. The summed E-state index contributed by atoms with van der Waals surface area (Å²) in [7, 11) is -3.91. The minimum absolute atomic E-state index is 0.0216. The van der Waals surface area contributed by atoms with Crippen LogP contribution in [0.3, 0.4) is 0 Å². The van der Waals surface area contributed by atoms with Gasteiger partial charge in [-0.15, -0.1) is 0 Å². The van der Waals surface area contributed by atoms with Gasteiger partial charge in [0.25, 0.3) is 0 Å². The second-order valence-electron chi connectivity index (χ2n) is 7.24. The number of carbonyl (C=O) groups excluding carboxylic acids is 1. The van der Waals surface area contributed by atoms with Gasteiger partial charge < -0.3 is 10.6 Å². The number of alkyl halides is 6. The van der Waals surface area contributed by atoms with E-state index in [1.54, 1.807) is 5.32 Å². The third-order valence-electron chi connectivity index (χ3n) is 4.93. The lowest BCUT2D eigenvalue weighted by atomic mass is 9.89. The van der Waals surface area contributed by atoms with Crippen molar-refractivity contribution in [1.29, 1.82) is 0 Å². The quantitative estimate of drug-likeness (QED) is 0.613. The van der Waals surface area contributed by atoms with Crippen molar-refractivity contribution in [2.75, 3.05) is 19.6 Å². The number of hydrogen-bond acceptors (Lipinski definition) is 4. The van der Waals surface area contributed by atoms with Crippen molar-refractivity contribution in [3.05, 3.63) is 29.8 Å². The van der Waals surface area contributed by atoms with Gasteiger partial charge in [-0.3, -0.25) is 4.79 Å². The molecule has 0 radical (unpaired) electrons. The first-order valence-corrected chi connectivity index (χ1v) is 10.8. The first-order chi connectivity index (χ1) is 13.8. The van der Waals surface area contributed by atoms with Crippen LogP contribution in [0.15, 0.2) is 29.2 Å². The maximum Gasteiger partial charge on any atom is 0.416 e. The minimum atomic E-state index is -4.64. The van der Waals surface area contributed by atoms with Crippen LogP contribution < -0.4 is 10.6 Å². The third kappa shape index (κ3) is 7.15. The molecular weight excluding hydrogens is 438 g/mol. The molecule has 5 nitrogen and oxygen atoms in total. The van der Waals surface area contributed by atoms with Crippen LogP contribution in [0, 0.1) is 5.92 Å². The third-order valence-corrected chi connectivity index (χ3v) is 7.19. The molecule has 2 N–H and O–H groups in total. The molecule has 1 aromatic carbocycles. The van der Waals surface area contributed by atoms with Gasteiger partial charge in [-0.2, -0.15) is 26.3 Å². The van der Waals surface area contributed by atoms with E-state index in [4.69, 9.17) is 0 Å². The Morgan fingerprint density at radius 2 is 1.67 bits per heavy atom. The molecule has 0 unspecified atom stereocenters. The highest BCUT2D eigenvalue weighted by molar-refractivity contribution is 7.92. The summed E-state index contributed by atoms with van der Waals surface area (Å²) < 4.78 is 100. The number of carbonyl (C=O) groups is 1. The summed E-state index contributed by atoms with van der Waals surface area (Å²) in [4.78, 5) is 11.0. The second-order valence-corrected chi connectivity index (χ2v) is 9.46. The van der Waals surface area contributed by atoms with Gasteiger partial charge in [0.05, 0.1) is 22.3 Å². The molecule has 0 aromatic heterocycles. The number of sulfone groups is 1. The van der Waals surface area contributed by atoms with Gasteiger partial charge in [0.15, 0.2) is 9.84 Å². The molecule has 1 aliphatic carbocycles. The van der Waals surface area contributed by atoms with E-state index in [-0.39, 0.29) is 30.2 Å². The summed E-state index contributed by atoms with van der Waals surface area (Å²) in [6.45, 7) is -1.37. The van der Waals surface area contributed by atoms with E-state index in [1.807, 2.05) is 0 Å². The summed E-state index contributed by atoms with van der Waals surface area (Å²) in [5, 5.41) is 3.68. The highest BCUT2D eigenvalue weighted by Crippen LogP contribution is 2.34. The Bertz CT molecular complexity index is 831. The largest absolute Gasteiger partial charge is 0.416 e. The SMILES string of the molecule is O=C(CNC[C@H]1CC[C@@H](S(=O)(=O)c2cccc(C(F)(F)F)c2)CC1)NCC(F)(F)F. The molecule has 0 atom stereocenters. The normalized spacial score (nSPS) is 20.7. The lowest BCUT2D eigenvalue weighted by Crippen LogP contribution is -2.40. The molecule has 0 saturated heterocycles. The zero-order valence-corrected chi connectivity index (χ0v) is 16.6. The van der Waals surface area contributed by atoms with Gasteiger partial charge in [-0.25, -0.2) is 8.42 Å². The Labute approximate surface area is 170 Å². The molecule has 2 rings (SSSR count). The molecule has 0 spiro atoms. The zero-order chi connectivity index (χ0) is 22.6. The van der Waals surface area contributed by atoms with Gasteiger partial charge in [0.1, 0.15) is 6.54 Å². The van der Waals surface area contributed by atoms with E-state index in [2.05, 4.69) is 5.32 Å². The summed E-state index contributed by atoms with van der Waals surface area (Å²) in [6.07, 6.45) is -7.67. The molecule has 30 heavy (non-hydrogen) atoms. The molecule has 170 valence electrons. The molecule has 1 saturated carbocycles. The van der Waals surface area contributed by atoms with E-state index >= 15 is 0 Å². The molecule has 1 amide bonds. The molecule has 1 fully saturated rings. The topological polar surface area (TPSA) is 75.3 Å². The van der Waals surface area contributed by atoms with E-state index in [0.29, 0.717) is 25.5 Å². The van der Waals surface area contributed by atoms with Crippen LogP contribution in [0.4, 0.5) is 26.3 Å². The van der Waals surface area contributed by atoms with Crippen molar-refractivity contribution >= 4 is 15.7 Å². The van der Waals surface area contributed by atoms with Crippen molar-refractivity contribution in [3.8, 4) is 0 Å². The fourth-order valence-electron chi connectivity index (χ4n) is 3.34. The number of benzene rings is 1. The van der Waals surface area contributed by atoms with E-state index in [0.717, 1.165) is 18.2 Å². The predicted octanol–water partition coefficient (Wildman–Crippen LogP) is 3.31. The Hall–Kier alpha value is -1.82. The maximum absolute atomic E-state index is 12.8. The van der Waals surface area contributed by atoms with Crippen LogP contribution >= 0.6 is 0 Å². The molecule has 1 aromatic rings. The van der Waals surface area contributed by atoms with Crippen LogP contribution in [0.1, 0.15) is 31.2 Å². The van der Waals surface area contributed by atoms with Gasteiger partial charge in [0.2, 0.25) is 5.91 Å². The Kier molecular flexibility index (Phi) is 7.78. The number of halogens is 6. The molecule has 0 aliphatic heterocycles. The molecule has 12 heteroatoms. The highest BCUT2D eigenvalue weighted by atomic mass is 32.2. The summed E-state index contributed by atoms with van der Waals surface area (Å²) in [5.74, 6) is -0.776. The Morgan fingerprint density at radius 3 is 2.23 bits per heavy atom. The van der Waals surface area contributed by atoms with Crippen LogP contribution in [0.25, 0.3) is 0 Å². The maximum atomic E-state index is 12.8. The molecule has 0 heterocycles. The van der Waals surface area contributed by atoms with Crippen LogP contribution in [0.2, 0.25) is 0 Å². The Morgan fingerprint density at radius 1 is 1.03 bits per heavy atom. The summed E-state index contributed by atoms with van der Waals surface area (Å²) >= 11 is 0. The lowest BCUT2D eigenvalue weighted by Gasteiger charge is -2.28. The fraction of sp³-hybridized carbons (Fsp3) is 0.611. The van der Waals surface area contributed by atoms with Gasteiger partial charge >= 0.3 is 12.4 Å². The zero-order valence-electron chi connectivity index (χ0n) is 15.8. The van der Waals surface area contributed by atoms with Crippen molar-refractivity contribution in [3.63, 3.8) is 0 Å².